The predicted molar refractivity (Wildman–Crippen MR) is 113 cm³/mol. The van der Waals surface area contributed by atoms with Gasteiger partial charge in [0, 0.05) is 17.8 Å². The molecule has 1 heterocycles. The Morgan fingerprint density at radius 2 is 1.41 bits per heavy atom. The number of benzene rings is 3. The first-order chi connectivity index (χ1) is 14.3. The van der Waals surface area contributed by atoms with Gasteiger partial charge in [-0.15, -0.1) is 0 Å². The van der Waals surface area contributed by atoms with E-state index in [0.29, 0.717) is 17.2 Å². The Morgan fingerprint density at radius 3 is 2.03 bits per heavy atom. The van der Waals surface area contributed by atoms with E-state index in [0.717, 1.165) is 11.1 Å². The van der Waals surface area contributed by atoms with Crippen molar-refractivity contribution in [3.63, 3.8) is 0 Å². The standard InChI is InChI=1S/C25H20N2O2/c28-25(21-14-9-15-22(18-21)29-23-16-7-8-17-26-23)27-24(19-10-3-1-4-11-19)20-12-5-2-6-13-20/h1-18,24H,(H,27,28). The molecule has 0 bridgehead atoms. The van der Waals surface area contributed by atoms with Gasteiger partial charge in [0.15, 0.2) is 0 Å². The van der Waals surface area contributed by atoms with E-state index in [1.54, 1.807) is 36.5 Å². The van der Waals surface area contributed by atoms with Crippen LogP contribution in [0.1, 0.15) is 27.5 Å². The van der Waals surface area contributed by atoms with E-state index in [9.17, 15) is 4.79 Å². The fraction of sp³-hybridized carbons (Fsp3) is 0.0400. The number of hydrogen-bond acceptors (Lipinski definition) is 3. The summed E-state index contributed by atoms with van der Waals surface area (Å²) >= 11 is 0. The molecule has 29 heavy (non-hydrogen) atoms. The maximum atomic E-state index is 13.0. The van der Waals surface area contributed by atoms with Crippen LogP contribution in [0.25, 0.3) is 0 Å². The van der Waals surface area contributed by atoms with Crippen molar-refractivity contribution in [3.05, 3.63) is 126 Å². The molecule has 0 aliphatic heterocycles. The molecule has 0 aliphatic rings. The number of aromatic nitrogens is 1. The fourth-order valence-electron chi connectivity index (χ4n) is 3.09. The highest BCUT2D eigenvalue weighted by Gasteiger charge is 2.18. The first-order valence-corrected chi connectivity index (χ1v) is 9.39. The summed E-state index contributed by atoms with van der Waals surface area (Å²) in [4.78, 5) is 17.2. The van der Waals surface area contributed by atoms with Gasteiger partial charge in [-0.05, 0) is 35.4 Å². The van der Waals surface area contributed by atoms with Crippen molar-refractivity contribution in [1.82, 2.24) is 10.3 Å². The normalized spacial score (nSPS) is 10.5. The molecule has 1 N–H and O–H groups in total. The average molecular weight is 380 g/mol. The lowest BCUT2D eigenvalue weighted by Crippen LogP contribution is -2.29. The topological polar surface area (TPSA) is 51.2 Å². The second kappa shape index (κ2) is 8.85. The lowest BCUT2D eigenvalue weighted by atomic mass is 9.98. The van der Waals surface area contributed by atoms with Gasteiger partial charge in [-0.3, -0.25) is 4.79 Å². The van der Waals surface area contributed by atoms with Crippen LogP contribution in [0.2, 0.25) is 0 Å². The minimum absolute atomic E-state index is 0.172. The number of carbonyl (C=O) groups is 1. The predicted octanol–water partition coefficient (Wildman–Crippen LogP) is 5.39. The monoisotopic (exact) mass is 380 g/mol. The van der Waals surface area contributed by atoms with Crippen LogP contribution in [0.4, 0.5) is 0 Å². The Labute approximate surface area is 169 Å². The molecule has 0 fully saturated rings. The van der Waals surface area contributed by atoms with Crippen molar-refractivity contribution >= 4 is 5.91 Å². The summed E-state index contributed by atoms with van der Waals surface area (Å²) in [5, 5.41) is 3.15. The van der Waals surface area contributed by atoms with E-state index in [1.807, 2.05) is 72.8 Å². The zero-order chi connectivity index (χ0) is 19.9. The van der Waals surface area contributed by atoms with Gasteiger partial charge in [-0.2, -0.15) is 0 Å². The van der Waals surface area contributed by atoms with E-state index >= 15 is 0 Å². The Morgan fingerprint density at radius 1 is 0.759 bits per heavy atom. The Bertz CT molecular complexity index is 1030. The number of amides is 1. The molecule has 4 rings (SSSR count). The highest BCUT2D eigenvalue weighted by Crippen LogP contribution is 2.24. The van der Waals surface area contributed by atoms with Crippen molar-refractivity contribution < 1.29 is 9.53 Å². The highest BCUT2D eigenvalue weighted by molar-refractivity contribution is 5.95. The zero-order valence-electron chi connectivity index (χ0n) is 15.7. The van der Waals surface area contributed by atoms with Crippen molar-refractivity contribution in [3.8, 4) is 11.6 Å². The van der Waals surface area contributed by atoms with Crippen molar-refractivity contribution in [1.29, 1.82) is 0 Å². The van der Waals surface area contributed by atoms with Crippen LogP contribution in [0.3, 0.4) is 0 Å². The van der Waals surface area contributed by atoms with Gasteiger partial charge in [-0.25, -0.2) is 4.98 Å². The smallest absolute Gasteiger partial charge is 0.252 e. The largest absolute Gasteiger partial charge is 0.439 e. The summed E-state index contributed by atoms with van der Waals surface area (Å²) in [6.07, 6.45) is 1.66. The lowest BCUT2D eigenvalue weighted by Gasteiger charge is -2.20. The van der Waals surface area contributed by atoms with Crippen LogP contribution in [-0.2, 0) is 0 Å². The third-order valence-corrected chi connectivity index (χ3v) is 4.50. The van der Waals surface area contributed by atoms with Crippen LogP contribution < -0.4 is 10.1 Å². The van der Waals surface area contributed by atoms with E-state index < -0.39 is 0 Å². The van der Waals surface area contributed by atoms with Crippen LogP contribution >= 0.6 is 0 Å². The molecule has 4 aromatic rings. The lowest BCUT2D eigenvalue weighted by molar-refractivity contribution is 0.0942. The van der Waals surface area contributed by atoms with Crippen molar-refractivity contribution in [2.24, 2.45) is 0 Å². The summed E-state index contributed by atoms with van der Waals surface area (Å²) in [6.45, 7) is 0. The molecule has 0 spiro atoms. The number of nitrogens with zero attached hydrogens (tertiary/aromatic N) is 1. The van der Waals surface area contributed by atoms with Gasteiger partial charge >= 0.3 is 0 Å². The maximum Gasteiger partial charge on any atom is 0.252 e. The SMILES string of the molecule is O=C(NC(c1ccccc1)c1ccccc1)c1cccc(Oc2ccccn2)c1. The van der Waals surface area contributed by atoms with E-state index in [-0.39, 0.29) is 11.9 Å². The van der Waals surface area contributed by atoms with E-state index in [1.165, 1.54) is 0 Å². The van der Waals surface area contributed by atoms with Gasteiger partial charge in [0.05, 0.1) is 6.04 Å². The van der Waals surface area contributed by atoms with Crippen molar-refractivity contribution in [2.75, 3.05) is 0 Å². The summed E-state index contributed by atoms with van der Waals surface area (Å²) in [7, 11) is 0. The molecule has 0 atom stereocenters. The average Bonchev–Trinajstić information content (AvgIpc) is 2.79. The highest BCUT2D eigenvalue weighted by atomic mass is 16.5. The number of rotatable bonds is 6. The third-order valence-electron chi connectivity index (χ3n) is 4.50. The number of nitrogens with one attached hydrogen (secondary N) is 1. The molecule has 3 aromatic carbocycles. The first kappa shape index (κ1) is 18.4. The molecule has 4 nitrogen and oxygen atoms in total. The minimum Gasteiger partial charge on any atom is -0.439 e. The van der Waals surface area contributed by atoms with Crippen LogP contribution in [0.5, 0.6) is 11.6 Å². The quantitative estimate of drug-likeness (QED) is 0.488. The van der Waals surface area contributed by atoms with E-state index in [2.05, 4.69) is 10.3 Å². The molecule has 4 heteroatoms. The summed E-state index contributed by atoms with van der Waals surface area (Å²) in [5.41, 5.74) is 2.57. The number of ether oxygens (including phenoxy) is 1. The van der Waals surface area contributed by atoms with Crippen molar-refractivity contribution in [2.45, 2.75) is 6.04 Å². The molecular formula is C25H20N2O2. The third kappa shape index (κ3) is 4.68. The second-order valence-electron chi connectivity index (χ2n) is 6.53. The molecule has 0 saturated heterocycles. The molecule has 1 aromatic heterocycles. The zero-order valence-corrected chi connectivity index (χ0v) is 15.7. The minimum atomic E-state index is -0.245. The molecule has 0 saturated carbocycles. The molecule has 0 radical (unpaired) electrons. The summed E-state index contributed by atoms with van der Waals surface area (Å²) in [6, 6.07) is 32.2. The number of pyridine rings is 1. The molecule has 0 unspecified atom stereocenters. The second-order valence-corrected chi connectivity index (χ2v) is 6.53. The summed E-state index contributed by atoms with van der Waals surface area (Å²) < 4.78 is 5.75. The Balaban J connectivity index is 1.57. The fourth-order valence-corrected chi connectivity index (χ4v) is 3.09. The van der Waals surface area contributed by atoms with Gasteiger partial charge in [0.1, 0.15) is 5.75 Å². The van der Waals surface area contributed by atoms with Gasteiger partial charge in [0.25, 0.3) is 5.91 Å². The van der Waals surface area contributed by atoms with E-state index in [4.69, 9.17) is 4.74 Å². The maximum absolute atomic E-state index is 13.0. The molecule has 0 aliphatic carbocycles. The van der Waals surface area contributed by atoms with Crippen LogP contribution in [0, 0.1) is 0 Å². The number of carbonyl (C=O) groups excluding carboxylic acids is 1. The molecule has 142 valence electrons. The van der Waals surface area contributed by atoms with Gasteiger partial charge < -0.3 is 10.1 Å². The van der Waals surface area contributed by atoms with Crippen LogP contribution in [-0.4, -0.2) is 10.9 Å². The molecular weight excluding hydrogens is 360 g/mol. The first-order valence-electron chi connectivity index (χ1n) is 9.39. The Hall–Kier alpha value is -3.92. The van der Waals surface area contributed by atoms with Gasteiger partial charge in [0.2, 0.25) is 5.88 Å². The number of hydrogen-bond donors (Lipinski definition) is 1. The van der Waals surface area contributed by atoms with Gasteiger partial charge in [-0.1, -0.05) is 72.8 Å². The molecule has 1 amide bonds. The summed E-state index contributed by atoms with van der Waals surface area (Å²) in [5.74, 6) is 0.873. The van der Waals surface area contributed by atoms with Crippen LogP contribution in [0.15, 0.2) is 109 Å². The Kier molecular flexibility index (Phi) is 5.63.